The molecule has 1 aromatic heterocycles. The number of benzene rings is 1. The highest BCUT2D eigenvalue weighted by Gasteiger charge is 2.31. The Morgan fingerprint density at radius 1 is 1.35 bits per heavy atom. The van der Waals surface area contributed by atoms with Crippen LogP contribution in [0.5, 0.6) is 5.75 Å². The first-order chi connectivity index (χ1) is 9.33. The number of aromatic amines is 1. The molecule has 5 heteroatoms. The first-order valence-corrected chi connectivity index (χ1v) is 6.66. The van der Waals surface area contributed by atoms with Crippen molar-refractivity contribution in [3.63, 3.8) is 0 Å². The number of rotatable bonds is 4. The van der Waals surface area contributed by atoms with Gasteiger partial charge in [0, 0.05) is 6.07 Å². The predicted molar refractivity (Wildman–Crippen MR) is 76.9 cm³/mol. The van der Waals surface area contributed by atoms with Gasteiger partial charge in [0.25, 0.3) is 0 Å². The van der Waals surface area contributed by atoms with Gasteiger partial charge in [-0.15, -0.1) is 0 Å². The monoisotopic (exact) mass is 276 g/mol. The molecule has 1 N–H and O–H groups in total. The largest absolute Gasteiger partial charge is 0.476 e. The normalized spacial score (nSPS) is 11.7. The van der Waals surface area contributed by atoms with E-state index in [9.17, 15) is 4.79 Å². The van der Waals surface area contributed by atoms with Gasteiger partial charge >= 0.3 is 5.97 Å². The van der Waals surface area contributed by atoms with Crippen molar-refractivity contribution in [2.75, 3.05) is 6.61 Å². The topological polar surface area (TPSA) is 64.2 Å². The van der Waals surface area contributed by atoms with Gasteiger partial charge in [-0.1, -0.05) is 0 Å². The second kappa shape index (κ2) is 5.15. The van der Waals surface area contributed by atoms with E-state index in [2.05, 4.69) is 9.97 Å². The second-order valence-electron chi connectivity index (χ2n) is 5.29. The van der Waals surface area contributed by atoms with Crippen molar-refractivity contribution in [1.29, 1.82) is 0 Å². The van der Waals surface area contributed by atoms with Gasteiger partial charge in [-0.2, -0.15) is 0 Å². The van der Waals surface area contributed by atoms with E-state index >= 15 is 0 Å². The van der Waals surface area contributed by atoms with E-state index in [1.807, 2.05) is 26.0 Å². The van der Waals surface area contributed by atoms with Crippen LogP contribution >= 0.6 is 0 Å². The number of hydrogen-bond acceptors (Lipinski definition) is 4. The Balaban J connectivity index is 2.31. The molecule has 108 valence electrons. The number of nitrogens with zero attached hydrogens (tertiary/aromatic N) is 1. The van der Waals surface area contributed by atoms with Crippen molar-refractivity contribution in [2.24, 2.45) is 0 Å². The Kier molecular flexibility index (Phi) is 3.70. The zero-order chi connectivity index (χ0) is 14.9. The van der Waals surface area contributed by atoms with Crippen LogP contribution in [0.25, 0.3) is 11.0 Å². The number of carbonyl (C=O) groups is 1. The highest BCUT2D eigenvalue weighted by molar-refractivity contribution is 5.82. The summed E-state index contributed by atoms with van der Waals surface area (Å²) in [6.45, 7) is 9.38. The molecule has 0 fully saturated rings. The highest BCUT2D eigenvalue weighted by atomic mass is 16.6. The fraction of sp³-hybridized carbons (Fsp3) is 0.467. The molecule has 0 aliphatic rings. The molecule has 2 rings (SSSR count). The third kappa shape index (κ3) is 2.76. The molecule has 0 radical (unpaired) electrons. The van der Waals surface area contributed by atoms with Crippen LogP contribution in [0.4, 0.5) is 0 Å². The number of H-pyrrole nitrogens is 1. The minimum Gasteiger partial charge on any atom is -0.476 e. The van der Waals surface area contributed by atoms with Gasteiger partial charge in [-0.25, -0.2) is 9.78 Å². The molecule has 0 bridgehead atoms. The molecule has 2 aromatic rings. The summed E-state index contributed by atoms with van der Waals surface area (Å²) in [7, 11) is 0. The minimum absolute atomic E-state index is 0.337. The lowest BCUT2D eigenvalue weighted by Gasteiger charge is -2.24. The Bertz CT molecular complexity index is 644. The highest BCUT2D eigenvalue weighted by Crippen LogP contribution is 2.26. The lowest BCUT2D eigenvalue weighted by molar-refractivity contribution is -0.158. The zero-order valence-corrected chi connectivity index (χ0v) is 12.5. The number of aryl methyl sites for hydroxylation is 2. The first-order valence-electron chi connectivity index (χ1n) is 6.66. The predicted octanol–water partition coefficient (Wildman–Crippen LogP) is 2.90. The Labute approximate surface area is 118 Å². The van der Waals surface area contributed by atoms with E-state index < -0.39 is 5.60 Å². The molecule has 0 amide bonds. The van der Waals surface area contributed by atoms with Gasteiger partial charge in [0.1, 0.15) is 11.6 Å². The summed E-state index contributed by atoms with van der Waals surface area (Å²) in [6, 6.07) is 3.73. The van der Waals surface area contributed by atoms with Crippen LogP contribution in [0.1, 0.15) is 32.2 Å². The molecule has 5 nitrogen and oxygen atoms in total. The van der Waals surface area contributed by atoms with E-state index in [1.54, 1.807) is 20.8 Å². The molecule has 1 aromatic carbocycles. The summed E-state index contributed by atoms with van der Waals surface area (Å²) < 4.78 is 10.8. The van der Waals surface area contributed by atoms with E-state index in [4.69, 9.17) is 9.47 Å². The SMILES string of the molecule is CCOC(=O)C(C)(C)Oc1cc(C)c2nc(C)[nH]c2c1. The van der Waals surface area contributed by atoms with E-state index in [-0.39, 0.29) is 5.97 Å². The maximum Gasteiger partial charge on any atom is 0.349 e. The lowest BCUT2D eigenvalue weighted by Crippen LogP contribution is -2.39. The number of imidazole rings is 1. The van der Waals surface area contributed by atoms with E-state index in [0.717, 1.165) is 22.4 Å². The molecule has 0 unspecified atom stereocenters. The van der Waals surface area contributed by atoms with Crippen LogP contribution < -0.4 is 4.74 Å². The molecule has 0 saturated carbocycles. The lowest BCUT2D eigenvalue weighted by atomic mass is 10.1. The van der Waals surface area contributed by atoms with E-state index in [0.29, 0.717) is 12.4 Å². The zero-order valence-electron chi connectivity index (χ0n) is 12.5. The Morgan fingerprint density at radius 2 is 2.05 bits per heavy atom. The van der Waals surface area contributed by atoms with Crippen LogP contribution in [0, 0.1) is 13.8 Å². The van der Waals surface area contributed by atoms with Gasteiger partial charge in [0.15, 0.2) is 5.60 Å². The summed E-state index contributed by atoms with van der Waals surface area (Å²) in [5.74, 6) is 1.10. The van der Waals surface area contributed by atoms with Gasteiger partial charge < -0.3 is 14.5 Å². The standard InChI is InChI=1S/C15H20N2O3/c1-6-19-14(18)15(4,5)20-11-7-9(2)13-12(8-11)16-10(3)17-13/h7-8H,6H2,1-5H3,(H,16,17). The average molecular weight is 276 g/mol. The van der Waals surface area contributed by atoms with Crippen molar-refractivity contribution in [3.8, 4) is 5.75 Å². The summed E-state index contributed by atoms with van der Waals surface area (Å²) in [5.41, 5.74) is 1.80. The first kappa shape index (κ1) is 14.4. The molecular formula is C15H20N2O3. The molecule has 0 spiro atoms. The Morgan fingerprint density at radius 3 is 2.70 bits per heavy atom. The summed E-state index contributed by atoms with van der Waals surface area (Å²) in [4.78, 5) is 19.4. The summed E-state index contributed by atoms with van der Waals surface area (Å²) >= 11 is 0. The van der Waals surface area contributed by atoms with Gasteiger partial charge in [-0.3, -0.25) is 0 Å². The van der Waals surface area contributed by atoms with Crippen molar-refractivity contribution in [1.82, 2.24) is 9.97 Å². The van der Waals surface area contributed by atoms with Crippen LogP contribution in [0.2, 0.25) is 0 Å². The molecule has 0 saturated heterocycles. The van der Waals surface area contributed by atoms with Crippen LogP contribution in [-0.2, 0) is 9.53 Å². The van der Waals surface area contributed by atoms with Gasteiger partial charge in [0.05, 0.1) is 17.6 Å². The summed E-state index contributed by atoms with van der Waals surface area (Å²) in [6.07, 6.45) is 0. The number of ether oxygens (including phenoxy) is 2. The van der Waals surface area contributed by atoms with Gasteiger partial charge in [0.2, 0.25) is 0 Å². The maximum atomic E-state index is 11.9. The number of hydrogen-bond donors (Lipinski definition) is 1. The average Bonchev–Trinajstić information content (AvgIpc) is 2.70. The van der Waals surface area contributed by atoms with Crippen LogP contribution in [-0.4, -0.2) is 28.1 Å². The van der Waals surface area contributed by atoms with Gasteiger partial charge in [-0.05, 0) is 46.2 Å². The molecule has 0 aliphatic heterocycles. The number of carbonyl (C=O) groups excluding carboxylic acids is 1. The quantitative estimate of drug-likeness (QED) is 0.872. The molecule has 20 heavy (non-hydrogen) atoms. The molecule has 1 heterocycles. The van der Waals surface area contributed by atoms with Crippen LogP contribution in [0.15, 0.2) is 12.1 Å². The number of fused-ring (bicyclic) bond motifs is 1. The van der Waals surface area contributed by atoms with Crippen molar-refractivity contribution in [2.45, 2.75) is 40.2 Å². The third-order valence-electron chi connectivity index (χ3n) is 3.01. The maximum absolute atomic E-state index is 11.9. The minimum atomic E-state index is -1.02. The smallest absolute Gasteiger partial charge is 0.349 e. The molecule has 0 aliphatic carbocycles. The van der Waals surface area contributed by atoms with Crippen molar-refractivity contribution in [3.05, 3.63) is 23.5 Å². The van der Waals surface area contributed by atoms with Crippen LogP contribution in [0.3, 0.4) is 0 Å². The fourth-order valence-corrected chi connectivity index (χ4v) is 2.08. The molecular weight excluding hydrogens is 256 g/mol. The van der Waals surface area contributed by atoms with E-state index in [1.165, 1.54) is 0 Å². The van der Waals surface area contributed by atoms with Crippen molar-refractivity contribution >= 4 is 17.0 Å². The number of nitrogens with one attached hydrogen (secondary N) is 1. The fourth-order valence-electron chi connectivity index (χ4n) is 2.08. The Hall–Kier alpha value is -2.04. The molecule has 0 atom stereocenters. The van der Waals surface area contributed by atoms with Crippen molar-refractivity contribution < 1.29 is 14.3 Å². The second-order valence-corrected chi connectivity index (χ2v) is 5.29. The summed E-state index contributed by atoms with van der Waals surface area (Å²) in [5, 5.41) is 0. The number of esters is 1. The number of aromatic nitrogens is 2. The third-order valence-corrected chi connectivity index (χ3v) is 3.01.